The van der Waals surface area contributed by atoms with Crippen molar-refractivity contribution in [3.63, 3.8) is 0 Å². The first-order valence-electron chi connectivity index (χ1n) is 4.39. The van der Waals surface area contributed by atoms with Gasteiger partial charge in [-0.3, -0.25) is 4.79 Å². The number of likely N-dealkylation sites (N-methyl/N-ethyl adjacent to an activating group) is 1. The molecule has 1 N–H and O–H groups in total. The quantitative estimate of drug-likeness (QED) is 0.889. The molecule has 0 heterocycles. The first-order chi connectivity index (χ1) is 6.99. The lowest BCUT2D eigenvalue weighted by atomic mass is 10.3. The molecule has 0 aliphatic heterocycles. The summed E-state index contributed by atoms with van der Waals surface area (Å²) in [5.74, 6) is -0.00824. The summed E-state index contributed by atoms with van der Waals surface area (Å²) >= 11 is 11.6. The summed E-state index contributed by atoms with van der Waals surface area (Å²) in [5, 5.41) is 4.03. The Balaban J connectivity index is 2.61. The van der Waals surface area contributed by atoms with Crippen LogP contribution in [-0.2, 0) is 4.79 Å². The lowest BCUT2D eigenvalue weighted by Gasteiger charge is -2.12. The average molecular weight is 247 g/mol. The van der Waals surface area contributed by atoms with Gasteiger partial charge < -0.3 is 10.2 Å². The molecule has 0 spiro atoms. The van der Waals surface area contributed by atoms with Crippen molar-refractivity contribution in [1.29, 1.82) is 0 Å². The van der Waals surface area contributed by atoms with E-state index in [0.29, 0.717) is 10.0 Å². The van der Waals surface area contributed by atoms with Gasteiger partial charge in [0.2, 0.25) is 5.91 Å². The highest BCUT2D eigenvalue weighted by Crippen LogP contribution is 2.22. The van der Waals surface area contributed by atoms with Crippen LogP contribution < -0.4 is 5.32 Å². The summed E-state index contributed by atoms with van der Waals surface area (Å²) in [6, 6.07) is 5.08. The molecule has 0 aliphatic carbocycles. The normalized spacial score (nSPS) is 9.87. The molecular weight excluding hydrogens is 235 g/mol. The van der Waals surface area contributed by atoms with Crippen LogP contribution in [0.5, 0.6) is 0 Å². The van der Waals surface area contributed by atoms with Gasteiger partial charge in [-0.05, 0) is 18.2 Å². The van der Waals surface area contributed by atoms with Crippen molar-refractivity contribution in [3.8, 4) is 0 Å². The SMILES string of the molecule is CN(C)C(=O)CNc1cc(Cl)cc(Cl)c1. The van der Waals surface area contributed by atoms with E-state index in [-0.39, 0.29) is 12.5 Å². The average Bonchev–Trinajstić information content (AvgIpc) is 2.12. The fraction of sp³-hybridized carbons (Fsp3) is 0.300. The molecule has 0 fully saturated rings. The molecule has 1 aromatic rings. The molecule has 0 aromatic heterocycles. The first-order valence-corrected chi connectivity index (χ1v) is 5.15. The van der Waals surface area contributed by atoms with Gasteiger partial charge in [-0.25, -0.2) is 0 Å². The molecule has 15 heavy (non-hydrogen) atoms. The maximum atomic E-state index is 11.3. The zero-order valence-corrected chi connectivity index (χ0v) is 10.1. The van der Waals surface area contributed by atoms with Crippen molar-refractivity contribution >= 4 is 34.8 Å². The van der Waals surface area contributed by atoms with Crippen molar-refractivity contribution < 1.29 is 4.79 Å². The number of carbonyl (C=O) groups excluding carboxylic acids is 1. The van der Waals surface area contributed by atoms with E-state index in [1.165, 1.54) is 4.90 Å². The van der Waals surface area contributed by atoms with E-state index in [1.807, 2.05) is 0 Å². The summed E-state index contributed by atoms with van der Waals surface area (Å²) < 4.78 is 0. The minimum absolute atomic E-state index is 0.00824. The Bertz CT molecular complexity index is 346. The van der Waals surface area contributed by atoms with Gasteiger partial charge in [-0.2, -0.15) is 0 Å². The number of carbonyl (C=O) groups is 1. The number of hydrogen-bond acceptors (Lipinski definition) is 2. The Hall–Kier alpha value is -0.930. The number of amides is 1. The fourth-order valence-electron chi connectivity index (χ4n) is 0.992. The van der Waals surface area contributed by atoms with Gasteiger partial charge in [-0.15, -0.1) is 0 Å². The molecule has 0 atom stereocenters. The van der Waals surface area contributed by atoms with E-state index in [1.54, 1.807) is 32.3 Å². The van der Waals surface area contributed by atoms with Crippen LogP contribution in [0.25, 0.3) is 0 Å². The number of halogens is 2. The topological polar surface area (TPSA) is 32.3 Å². The minimum atomic E-state index is -0.00824. The molecule has 0 aliphatic rings. The molecule has 0 saturated carbocycles. The lowest BCUT2D eigenvalue weighted by molar-refractivity contribution is -0.126. The molecule has 0 saturated heterocycles. The van der Waals surface area contributed by atoms with Crippen LogP contribution in [0.4, 0.5) is 5.69 Å². The Morgan fingerprint density at radius 1 is 1.27 bits per heavy atom. The van der Waals surface area contributed by atoms with Crippen LogP contribution in [0.1, 0.15) is 0 Å². The molecule has 0 radical (unpaired) electrons. The van der Waals surface area contributed by atoms with E-state index < -0.39 is 0 Å². The van der Waals surface area contributed by atoms with Gasteiger partial charge in [0.25, 0.3) is 0 Å². The predicted octanol–water partition coefficient (Wildman–Crippen LogP) is 2.49. The standard InChI is InChI=1S/C10H12Cl2N2O/c1-14(2)10(15)6-13-9-4-7(11)3-8(12)5-9/h3-5,13H,6H2,1-2H3. The summed E-state index contributed by atoms with van der Waals surface area (Å²) in [7, 11) is 3.41. The molecule has 82 valence electrons. The second kappa shape index (κ2) is 5.24. The number of anilines is 1. The van der Waals surface area contributed by atoms with E-state index in [2.05, 4.69) is 5.32 Å². The van der Waals surface area contributed by atoms with Gasteiger partial charge in [-0.1, -0.05) is 23.2 Å². The van der Waals surface area contributed by atoms with Crippen LogP contribution >= 0.6 is 23.2 Å². The molecule has 5 heteroatoms. The second-order valence-corrected chi connectivity index (χ2v) is 4.17. The summed E-state index contributed by atoms with van der Waals surface area (Å²) in [4.78, 5) is 12.8. The third-order valence-electron chi connectivity index (χ3n) is 1.81. The maximum absolute atomic E-state index is 11.3. The number of benzene rings is 1. The van der Waals surface area contributed by atoms with Gasteiger partial charge in [0.15, 0.2) is 0 Å². The molecule has 1 rings (SSSR count). The maximum Gasteiger partial charge on any atom is 0.241 e. The van der Waals surface area contributed by atoms with Gasteiger partial charge in [0, 0.05) is 29.8 Å². The number of rotatable bonds is 3. The zero-order chi connectivity index (χ0) is 11.4. The Labute approximate surface area is 99.0 Å². The first kappa shape index (κ1) is 12.1. The van der Waals surface area contributed by atoms with Gasteiger partial charge >= 0.3 is 0 Å². The van der Waals surface area contributed by atoms with Crippen LogP contribution in [0, 0.1) is 0 Å². The molecule has 0 unspecified atom stereocenters. The number of hydrogen-bond donors (Lipinski definition) is 1. The van der Waals surface area contributed by atoms with Crippen LogP contribution in [0.2, 0.25) is 10.0 Å². The highest BCUT2D eigenvalue weighted by Gasteiger charge is 2.04. The number of nitrogens with zero attached hydrogens (tertiary/aromatic N) is 1. The highest BCUT2D eigenvalue weighted by molar-refractivity contribution is 6.35. The van der Waals surface area contributed by atoms with Crippen molar-refractivity contribution in [3.05, 3.63) is 28.2 Å². The summed E-state index contributed by atoms with van der Waals surface area (Å²) in [6.07, 6.45) is 0. The van der Waals surface area contributed by atoms with Crippen LogP contribution in [-0.4, -0.2) is 31.4 Å². The Kier molecular flexibility index (Phi) is 4.24. The van der Waals surface area contributed by atoms with Crippen LogP contribution in [0.15, 0.2) is 18.2 Å². The lowest BCUT2D eigenvalue weighted by Crippen LogP contribution is -2.28. The van der Waals surface area contributed by atoms with Crippen molar-refractivity contribution in [1.82, 2.24) is 4.90 Å². The van der Waals surface area contributed by atoms with Gasteiger partial charge in [0.1, 0.15) is 0 Å². The Morgan fingerprint density at radius 3 is 2.27 bits per heavy atom. The predicted molar refractivity (Wildman–Crippen MR) is 63.6 cm³/mol. The van der Waals surface area contributed by atoms with Crippen molar-refractivity contribution in [2.75, 3.05) is 26.0 Å². The van der Waals surface area contributed by atoms with Gasteiger partial charge in [0.05, 0.1) is 6.54 Å². The summed E-state index contributed by atoms with van der Waals surface area (Å²) in [5.41, 5.74) is 0.739. The zero-order valence-electron chi connectivity index (χ0n) is 8.55. The van der Waals surface area contributed by atoms with E-state index in [0.717, 1.165) is 5.69 Å². The molecule has 1 aromatic carbocycles. The number of nitrogens with one attached hydrogen (secondary N) is 1. The minimum Gasteiger partial charge on any atom is -0.376 e. The molecule has 1 amide bonds. The smallest absolute Gasteiger partial charge is 0.241 e. The Morgan fingerprint density at radius 2 is 1.80 bits per heavy atom. The van der Waals surface area contributed by atoms with E-state index in [9.17, 15) is 4.79 Å². The highest BCUT2D eigenvalue weighted by atomic mass is 35.5. The molecule has 3 nitrogen and oxygen atoms in total. The molecular formula is C10H12Cl2N2O. The third kappa shape index (κ3) is 3.98. The largest absolute Gasteiger partial charge is 0.376 e. The second-order valence-electron chi connectivity index (χ2n) is 3.30. The monoisotopic (exact) mass is 246 g/mol. The molecule has 0 bridgehead atoms. The van der Waals surface area contributed by atoms with E-state index in [4.69, 9.17) is 23.2 Å². The van der Waals surface area contributed by atoms with Crippen molar-refractivity contribution in [2.24, 2.45) is 0 Å². The fourth-order valence-corrected chi connectivity index (χ4v) is 1.52. The van der Waals surface area contributed by atoms with E-state index >= 15 is 0 Å². The third-order valence-corrected chi connectivity index (χ3v) is 2.24. The van der Waals surface area contributed by atoms with Crippen molar-refractivity contribution in [2.45, 2.75) is 0 Å². The summed E-state index contributed by atoms with van der Waals surface area (Å²) in [6.45, 7) is 0.226. The van der Waals surface area contributed by atoms with Crippen LogP contribution in [0.3, 0.4) is 0 Å².